The molecule has 8 heteroatoms. The molecule has 2 N–H and O–H groups in total. The molecule has 2 aromatic rings. The third kappa shape index (κ3) is 1.83. The molecule has 1 amide bonds. The van der Waals surface area contributed by atoms with E-state index in [-0.39, 0.29) is 12.7 Å². The monoisotopic (exact) mass is 287 g/mol. The van der Waals surface area contributed by atoms with Gasteiger partial charge < -0.3 is 14.8 Å². The Balaban J connectivity index is 1.63. The molecule has 21 heavy (non-hydrogen) atoms. The second kappa shape index (κ2) is 4.44. The number of rotatable bonds is 3. The van der Waals surface area contributed by atoms with Gasteiger partial charge in [-0.05, 0) is 31.4 Å². The molecule has 4 rings (SSSR count). The first kappa shape index (κ1) is 12.1. The molecule has 1 saturated carbocycles. The number of tetrazole rings is 1. The maximum absolute atomic E-state index is 12.6. The molecule has 0 unspecified atom stereocenters. The van der Waals surface area contributed by atoms with Crippen molar-refractivity contribution in [3.63, 3.8) is 0 Å². The SMILES string of the molecule is O=C(NC1(c2nn[nH]n2)CCC1)c1cccc2c1OCO2. The first-order valence-electron chi connectivity index (χ1n) is 6.74. The summed E-state index contributed by atoms with van der Waals surface area (Å²) in [5.74, 6) is 1.37. The summed E-state index contributed by atoms with van der Waals surface area (Å²) >= 11 is 0. The summed E-state index contributed by atoms with van der Waals surface area (Å²) in [5, 5.41) is 17.0. The standard InChI is InChI=1S/C13H13N5O3/c19-11(8-3-1-4-9-10(8)21-7-20-9)14-13(5-2-6-13)12-15-17-18-16-12/h1,3-4H,2,5-7H2,(H,14,19)(H,15,16,17,18). The van der Waals surface area contributed by atoms with Crippen LogP contribution in [0, 0.1) is 0 Å². The lowest BCUT2D eigenvalue weighted by Crippen LogP contribution is -2.51. The van der Waals surface area contributed by atoms with Gasteiger partial charge in [-0.1, -0.05) is 11.3 Å². The predicted octanol–water partition coefficient (Wildman–Crippen LogP) is 0.738. The summed E-state index contributed by atoms with van der Waals surface area (Å²) < 4.78 is 10.7. The van der Waals surface area contributed by atoms with E-state index in [0.29, 0.717) is 22.9 Å². The molecular weight excluding hydrogens is 274 g/mol. The maximum atomic E-state index is 12.6. The zero-order valence-electron chi connectivity index (χ0n) is 11.1. The minimum Gasteiger partial charge on any atom is -0.454 e. The molecule has 2 aliphatic rings. The highest BCUT2D eigenvalue weighted by molar-refractivity contribution is 5.98. The topological polar surface area (TPSA) is 102 Å². The van der Waals surface area contributed by atoms with E-state index in [0.717, 1.165) is 19.3 Å². The van der Waals surface area contributed by atoms with E-state index in [1.165, 1.54) is 0 Å². The minimum absolute atomic E-state index is 0.135. The van der Waals surface area contributed by atoms with Gasteiger partial charge in [-0.15, -0.1) is 10.2 Å². The number of hydrogen-bond acceptors (Lipinski definition) is 6. The lowest BCUT2D eigenvalue weighted by Gasteiger charge is -2.39. The van der Waals surface area contributed by atoms with Gasteiger partial charge in [0.15, 0.2) is 17.3 Å². The van der Waals surface area contributed by atoms with Crippen LogP contribution in [0.1, 0.15) is 35.4 Å². The van der Waals surface area contributed by atoms with Crippen molar-refractivity contribution in [3.8, 4) is 11.5 Å². The van der Waals surface area contributed by atoms with E-state index in [4.69, 9.17) is 9.47 Å². The van der Waals surface area contributed by atoms with Crippen molar-refractivity contribution in [2.75, 3.05) is 6.79 Å². The predicted molar refractivity (Wildman–Crippen MR) is 69.7 cm³/mol. The second-order valence-corrected chi connectivity index (χ2v) is 5.16. The van der Waals surface area contributed by atoms with E-state index < -0.39 is 5.54 Å². The number of para-hydroxylation sites is 1. The Kier molecular flexibility index (Phi) is 2.56. The Bertz CT molecular complexity index is 681. The highest BCUT2D eigenvalue weighted by Crippen LogP contribution is 2.41. The number of carbonyl (C=O) groups is 1. The quantitative estimate of drug-likeness (QED) is 0.863. The fourth-order valence-electron chi connectivity index (χ4n) is 2.69. The van der Waals surface area contributed by atoms with Crippen LogP contribution in [0.15, 0.2) is 18.2 Å². The Hall–Kier alpha value is -2.64. The van der Waals surface area contributed by atoms with Crippen molar-refractivity contribution >= 4 is 5.91 Å². The van der Waals surface area contributed by atoms with Gasteiger partial charge in [-0.2, -0.15) is 5.21 Å². The summed E-state index contributed by atoms with van der Waals surface area (Å²) in [6.45, 7) is 0.135. The summed E-state index contributed by atoms with van der Waals surface area (Å²) in [6, 6.07) is 5.26. The van der Waals surface area contributed by atoms with E-state index >= 15 is 0 Å². The number of aromatic nitrogens is 4. The summed E-state index contributed by atoms with van der Waals surface area (Å²) in [7, 11) is 0. The molecule has 0 bridgehead atoms. The Morgan fingerprint density at radius 2 is 2.24 bits per heavy atom. The van der Waals surface area contributed by atoms with Crippen molar-refractivity contribution in [2.24, 2.45) is 0 Å². The van der Waals surface area contributed by atoms with Crippen LogP contribution in [0.25, 0.3) is 0 Å². The molecule has 8 nitrogen and oxygen atoms in total. The number of nitrogens with one attached hydrogen (secondary N) is 2. The van der Waals surface area contributed by atoms with E-state index in [1.54, 1.807) is 18.2 Å². The lowest BCUT2D eigenvalue weighted by atomic mass is 9.76. The second-order valence-electron chi connectivity index (χ2n) is 5.16. The number of benzene rings is 1. The average molecular weight is 287 g/mol. The molecule has 1 aromatic carbocycles. The van der Waals surface area contributed by atoms with Gasteiger partial charge in [-0.25, -0.2) is 0 Å². The molecule has 0 saturated heterocycles. The maximum Gasteiger partial charge on any atom is 0.256 e. The zero-order chi connectivity index (χ0) is 14.3. The fourth-order valence-corrected chi connectivity index (χ4v) is 2.69. The molecule has 2 heterocycles. The van der Waals surface area contributed by atoms with Crippen LogP contribution < -0.4 is 14.8 Å². The van der Waals surface area contributed by atoms with Crippen LogP contribution in [-0.2, 0) is 5.54 Å². The van der Waals surface area contributed by atoms with Crippen LogP contribution in [0.4, 0.5) is 0 Å². The molecule has 1 fully saturated rings. The van der Waals surface area contributed by atoms with Crippen LogP contribution in [0.5, 0.6) is 11.5 Å². The minimum atomic E-state index is -0.535. The average Bonchev–Trinajstić information content (AvgIpc) is 3.12. The molecule has 1 aliphatic carbocycles. The Labute approximate surface area is 119 Å². The molecule has 1 aromatic heterocycles. The van der Waals surface area contributed by atoms with Crippen molar-refractivity contribution in [3.05, 3.63) is 29.6 Å². The summed E-state index contributed by atoms with van der Waals surface area (Å²) in [4.78, 5) is 12.6. The van der Waals surface area contributed by atoms with Gasteiger partial charge in [0.1, 0.15) is 5.54 Å². The molecule has 0 atom stereocenters. The van der Waals surface area contributed by atoms with Crippen LogP contribution in [-0.4, -0.2) is 33.3 Å². The number of fused-ring (bicyclic) bond motifs is 1. The molecular formula is C13H13N5O3. The number of nitrogens with zero attached hydrogens (tertiary/aromatic N) is 3. The molecule has 1 aliphatic heterocycles. The van der Waals surface area contributed by atoms with Gasteiger partial charge in [0.2, 0.25) is 6.79 Å². The third-order valence-corrected chi connectivity index (χ3v) is 3.97. The largest absolute Gasteiger partial charge is 0.454 e. The van der Waals surface area contributed by atoms with E-state index in [9.17, 15) is 4.79 Å². The Morgan fingerprint density at radius 3 is 2.95 bits per heavy atom. The number of aromatic amines is 1. The van der Waals surface area contributed by atoms with Gasteiger partial charge >= 0.3 is 0 Å². The third-order valence-electron chi connectivity index (χ3n) is 3.97. The first-order valence-corrected chi connectivity index (χ1v) is 6.74. The van der Waals surface area contributed by atoms with Crippen LogP contribution >= 0.6 is 0 Å². The number of hydrogen-bond donors (Lipinski definition) is 2. The van der Waals surface area contributed by atoms with Crippen molar-refractivity contribution in [1.82, 2.24) is 25.9 Å². The molecule has 108 valence electrons. The lowest BCUT2D eigenvalue weighted by molar-refractivity contribution is 0.0805. The highest BCUT2D eigenvalue weighted by atomic mass is 16.7. The summed E-state index contributed by atoms with van der Waals surface area (Å²) in [6.07, 6.45) is 2.61. The normalized spacial score (nSPS) is 18.1. The van der Waals surface area contributed by atoms with Gasteiger partial charge in [0, 0.05) is 0 Å². The number of amides is 1. The number of H-pyrrole nitrogens is 1. The van der Waals surface area contributed by atoms with E-state index in [1.807, 2.05) is 0 Å². The van der Waals surface area contributed by atoms with Gasteiger partial charge in [-0.3, -0.25) is 4.79 Å². The molecule has 0 spiro atoms. The van der Waals surface area contributed by atoms with Crippen LogP contribution in [0.2, 0.25) is 0 Å². The zero-order valence-corrected chi connectivity index (χ0v) is 11.1. The van der Waals surface area contributed by atoms with Gasteiger partial charge in [0.05, 0.1) is 5.56 Å². The number of carbonyl (C=O) groups excluding carboxylic acids is 1. The first-order chi connectivity index (χ1) is 10.3. The Morgan fingerprint density at radius 1 is 1.33 bits per heavy atom. The van der Waals surface area contributed by atoms with Crippen molar-refractivity contribution in [2.45, 2.75) is 24.8 Å². The highest BCUT2D eigenvalue weighted by Gasteiger charge is 2.44. The molecule has 0 radical (unpaired) electrons. The van der Waals surface area contributed by atoms with Crippen LogP contribution in [0.3, 0.4) is 0 Å². The fraction of sp³-hybridized carbons (Fsp3) is 0.385. The van der Waals surface area contributed by atoms with E-state index in [2.05, 4.69) is 25.9 Å². The van der Waals surface area contributed by atoms with Crippen molar-refractivity contribution < 1.29 is 14.3 Å². The van der Waals surface area contributed by atoms with Crippen molar-refractivity contribution in [1.29, 1.82) is 0 Å². The number of ether oxygens (including phenoxy) is 2. The van der Waals surface area contributed by atoms with Gasteiger partial charge in [0.25, 0.3) is 5.91 Å². The summed E-state index contributed by atoms with van der Waals surface area (Å²) in [5.41, 5.74) is -0.0773. The smallest absolute Gasteiger partial charge is 0.256 e.